The van der Waals surface area contributed by atoms with Gasteiger partial charge in [0, 0.05) is 43.4 Å². The average molecular weight is 728 g/mol. The predicted octanol–water partition coefficient (Wildman–Crippen LogP) is 5.32. The van der Waals surface area contributed by atoms with Crippen molar-refractivity contribution in [1.82, 2.24) is 9.21 Å². The van der Waals surface area contributed by atoms with Crippen LogP contribution in [0.5, 0.6) is 5.75 Å². The Kier molecular flexibility index (Phi) is 12.7. The fraction of sp³-hybridized carbons (Fsp3) is 0.469. The quantitative estimate of drug-likeness (QED) is 0.302. The summed E-state index contributed by atoms with van der Waals surface area (Å²) in [5, 5.41) is 12.3. The number of benzene rings is 2. The number of carbonyl (C=O) groups is 1. The van der Waals surface area contributed by atoms with Crippen molar-refractivity contribution in [2.45, 2.75) is 67.4 Å². The van der Waals surface area contributed by atoms with E-state index in [4.69, 9.17) is 21.1 Å². The topological polar surface area (TPSA) is 143 Å². The van der Waals surface area contributed by atoms with Gasteiger partial charge >= 0.3 is 0 Å². The molecule has 3 aromatic rings. The van der Waals surface area contributed by atoms with Gasteiger partial charge in [-0.25, -0.2) is 16.8 Å². The van der Waals surface area contributed by atoms with Gasteiger partial charge in [-0.2, -0.15) is 4.31 Å². The molecule has 2 N–H and O–H groups in total. The maximum Gasteiger partial charge on any atom is 0.261 e. The van der Waals surface area contributed by atoms with Crippen molar-refractivity contribution >= 4 is 54.6 Å². The van der Waals surface area contributed by atoms with E-state index in [1.54, 1.807) is 30.5 Å². The fourth-order valence-corrected chi connectivity index (χ4v) is 8.75. The number of nitrogens with one attached hydrogen (secondary N) is 1. The van der Waals surface area contributed by atoms with Crippen molar-refractivity contribution in [3.8, 4) is 5.75 Å². The highest BCUT2D eigenvalue weighted by atomic mass is 35.5. The van der Waals surface area contributed by atoms with Crippen LogP contribution in [0.25, 0.3) is 0 Å². The maximum atomic E-state index is 14.3. The number of hydrogen-bond acceptors (Lipinski definition) is 9. The van der Waals surface area contributed by atoms with E-state index in [-0.39, 0.29) is 57.8 Å². The van der Waals surface area contributed by atoms with E-state index in [2.05, 4.69) is 4.72 Å². The fourth-order valence-electron chi connectivity index (χ4n) is 5.19. The predicted molar refractivity (Wildman–Crippen MR) is 183 cm³/mol. The van der Waals surface area contributed by atoms with Gasteiger partial charge in [0.05, 0.1) is 35.3 Å². The minimum absolute atomic E-state index is 0.000335. The van der Waals surface area contributed by atoms with E-state index < -0.39 is 38.1 Å². The number of halogens is 1. The Morgan fingerprint density at radius 1 is 1.11 bits per heavy atom. The first-order chi connectivity index (χ1) is 22.2. The summed E-state index contributed by atoms with van der Waals surface area (Å²) in [4.78, 5) is 15.8. The lowest BCUT2D eigenvalue weighted by atomic mass is 10.0. The first kappa shape index (κ1) is 37.1. The number of rotatable bonds is 9. The third kappa shape index (κ3) is 9.46. The zero-order chi connectivity index (χ0) is 34.4. The number of hydrogen-bond donors (Lipinski definition) is 2. The lowest BCUT2D eigenvalue weighted by Gasteiger charge is -2.35. The molecule has 0 unspecified atom stereocenters. The molecule has 0 spiro atoms. The Bertz CT molecular complexity index is 1700. The Hall–Kier alpha value is -2.72. The van der Waals surface area contributed by atoms with Gasteiger partial charge in [0.1, 0.15) is 9.96 Å². The number of amides is 1. The Labute approximate surface area is 286 Å². The van der Waals surface area contributed by atoms with Gasteiger partial charge in [0.2, 0.25) is 0 Å². The molecule has 4 atom stereocenters. The van der Waals surface area contributed by atoms with Gasteiger partial charge in [-0.1, -0.05) is 24.6 Å². The highest BCUT2D eigenvalue weighted by molar-refractivity contribution is 7.92. The van der Waals surface area contributed by atoms with Crippen molar-refractivity contribution in [1.29, 1.82) is 0 Å². The summed E-state index contributed by atoms with van der Waals surface area (Å²) in [6.45, 7) is 5.70. The van der Waals surface area contributed by atoms with Crippen LogP contribution in [0.4, 0.5) is 5.69 Å². The number of anilines is 1. The lowest BCUT2D eigenvalue weighted by molar-refractivity contribution is -0.00832. The molecule has 2 heterocycles. The van der Waals surface area contributed by atoms with Crippen molar-refractivity contribution in [2.75, 3.05) is 38.1 Å². The van der Waals surface area contributed by atoms with Gasteiger partial charge in [-0.05, 0) is 87.0 Å². The van der Waals surface area contributed by atoms with Crippen LogP contribution in [0.2, 0.25) is 5.02 Å². The molecule has 47 heavy (non-hydrogen) atoms. The van der Waals surface area contributed by atoms with Crippen LogP contribution in [0, 0.1) is 5.92 Å². The summed E-state index contributed by atoms with van der Waals surface area (Å²) in [5.41, 5.74) is 0.267. The van der Waals surface area contributed by atoms with Gasteiger partial charge in [0.15, 0.2) is 0 Å². The Morgan fingerprint density at radius 3 is 2.49 bits per heavy atom. The van der Waals surface area contributed by atoms with E-state index in [0.717, 1.165) is 17.8 Å². The molecule has 1 aromatic heterocycles. The summed E-state index contributed by atoms with van der Waals surface area (Å²) in [6.07, 6.45) is 1.30. The molecule has 1 aliphatic heterocycles. The highest BCUT2D eigenvalue weighted by Gasteiger charge is 2.33. The molecule has 0 saturated heterocycles. The number of aliphatic hydroxyl groups excluding tert-OH is 1. The van der Waals surface area contributed by atoms with Crippen molar-refractivity contribution < 1.29 is 36.2 Å². The second-order valence-corrected chi connectivity index (χ2v) is 17.1. The number of nitrogens with zero attached hydrogens (tertiary/aromatic N) is 2. The Balaban J connectivity index is 1.68. The third-order valence-corrected chi connectivity index (χ3v) is 12.9. The molecule has 1 amide bonds. The molecule has 11 nitrogen and oxygen atoms in total. The van der Waals surface area contributed by atoms with E-state index in [9.17, 15) is 26.7 Å². The third-order valence-electron chi connectivity index (χ3n) is 8.02. The van der Waals surface area contributed by atoms with Crippen LogP contribution in [0.15, 0.2) is 69.1 Å². The second-order valence-electron chi connectivity index (χ2n) is 11.8. The zero-order valence-electron chi connectivity index (χ0n) is 26.8. The standard InChI is InChI=1S/C32H42ClN3O8S3/c1-22-19-36(23(2)21-37)32(38)28-18-26(34-46(39,40)27-13-10-25(33)11-14-27)12-15-29(28)44-24(3)8-5-6-16-43-30(22)20-35(4)47(41,42)31-9-7-17-45-31/h7,9-15,17-18,22-24,30,34,37H,5-6,8,16,19-21H2,1-4H3/t22-,23+,24+,30+/m1/s1. The van der Waals surface area contributed by atoms with E-state index in [0.29, 0.717) is 24.5 Å². The van der Waals surface area contributed by atoms with Crippen LogP contribution in [0.1, 0.15) is 50.4 Å². The maximum absolute atomic E-state index is 14.3. The van der Waals surface area contributed by atoms with Crippen molar-refractivity contribution in [3.05, 3.63) is 70.6 Å². The number of carbonyl (C=O) groups excluding carboxylic acids is 1. The first-order valence-corrected chi connectivity index (χ1v) is 19.5. The summed E-state index contributed by atoms with van der Waals surface area (Å²) in [5.74, 6) is -0.554. The molecular weight excluding hydrogens is 686 g/mol. The summed E-state index contributed by atoms with van der Waals surface area (Å²) in [6, 6.07) is 12.8. The summed E-state index contributed by atoms with van der Waals surface area (Å²) in [7, 11) is -6.24. The molecule has 4 rings (SSSR count). The first-order valence-electron chi connectivity index (χ1n) is 15.3. The SMILES string of the molecule is C[C@@H]1CN([C@@H](C)CO)C(=O)c2cc(NS(=O)(=O)c3ccc(Cl)cc3)ccc2O[C@@H](C)CCCCO[C@H]1CN(C)S(=O)(=O)c1cccs1. The zero-order valence-corrected chi connectivity index (χ0v) is 30.0. The average Bonchev–Trinajstić information content (AvgIpc) is 3.59. The van der Waals surface area contributed by atoms with Crippen molar-refractivity contribution in [3.63, 3.8) is 0 Å². The highest BCUT2D eigenvalue weighted by Crippen LogP contribution is 2.30. The Morgan fingerprint density at radius 2 is 1.83 bits per heavy atom. The monoisotopic (exact) mass is 727 g/mol. The molecule has 258 valence electrons. The smallest absolute Gasteiger partial charge is 0.261 e. The second kappa shape index (κ2) is 16.1. The van der Waals surface area contributed by atoms with Crippen LogP contribution < -0.4 is 9.46 Å². The molecule has 15 heteroatoms. The minimum Gasteiger partial charge on any atom is -0.490 e. The summed E-state index contributed by atoms with van der Waals surface area (Å²) < 4.78 is 69.3. The number of sulfonamides is 2. The van der Waals surface area contributed by atoms with Gasteiger partial charge in [0.25, 0.3) is 26.0 Å². The van der Waals surface area contributed by atoms with Crippen molar-refractivity contribution in [2.24, 2.45) is 5.92 Å². The van der Waals surface area contributed by atoms with Crippen LogP contribution in [-0.2, 0) is 24.8 Å². The van der Waals surface area contributed by atoms with Crippen LogP contribution in [0.3, 0.4) is 0 Å². The van der Waals surface area contributed by atoms with Gasteiger partial charge in [-0.3, -0.25) is 9.52 Å². The molecule has 0 bridgehead atoms. The molecule has 0 fully saturated rings. The molecule has 2 aromatic carbocycles. The molecule has 0 radical (unpaired) electrons. The number of fused-ring (bicyclic) bond motifs is 1. The van der Waals surface area contributed by atoms with Crippen LogP contribution >= 0.6 is 22.9 Å². The number of aliphatic hydroxyl groups is 1. The molecule has 0 aliphatic carbocycles. The van der Waals surface area contributed by atoms with Gasteiger partial charge < -0.3 is 19.5 Å². The lowest BCUT2D eigenvalue weighted by Crippen LogP contribution is -2.48. The van der Waals surface area contributed by atoms with E-state index >= 15 is 0 Å². The normalized spacial score (nSPS) is 21.0. The summed E-state index contributed by atoms with van der Waals surface area (Å²) >= 11 is 7.07. The largest absolute Gasteiger partial charge is 0.490 e. The number of likely N-dealkylation sites (N-methyl/N-ethyl adjacent to an activating group) is 1. The van der Waals surface area contributed by atoms with E-state index in [1.165, 1.54) is 52.7 Å². The number of ether oxygens (including phenoxy) is 2. The van der Waals surface area contributed by atoms with Crippen LogP contribution in [-0.4, -0.2) is 88.7 Å². The van der Waals surface area contributed by atoms with Gasteiger partial charge in [-0.15, -0.1) is 11.3 Å². The van der Waals surface area contributed by atoms with E-state index in [1.807, 2.05) is 13.8 Å². The molecule has 1 aliphatic rings. The molecular formula is C32H42ClN3O8S3. The number of thiophene rings is 1. The molecule has 0 saturated carbocycles. The minimum atomic E-state index is -4.01.